The molecule has 0 spiro atoms. The molecule has 8 aromatic carbocycles. The number of aromatic nitrogens is 2. The van der Waals surface area contributed by atoms with E-state index in [9.17, 15) is 0 Å². The molecule has 404 valence electrons. The second kappa shape index (κ2) is 18.5. The van der Waals surface area contributed by atoms with Crippen LogP contribution < -0.4 is 9.80 Å². The molecule has 4 nitrogen and oxygen atoms in total. The van der Waals surface area contributed by atoms with Crippen LogP contribution in [0, 0.1) is 0 Å². The lowest BCUT2D eigenvalue weighted by molar-refractivity contribution is 0.659. The lowest BCUT2D eigenvalue weighted by Gasteiger charge is -2.35. The molecule has 6 heterocycles. The summed E-state index contributed by atoms with van der Waals surface area (Å²) in [6, 6.07) is 62.7. The largest absolute Gasteiger partial charge is 0.333 e. The highest BCUT2D eigenvalue weighted by molar-refractivity contribution is 8.00. The molecule has 2 aliphatic heterocycles. The highest BCUT2D eigenvalue weighted by Crippen LogP contribution is 2.61. The highest BCUT2D eigenvalue weighted by Gasteiger charge is 2.44. The Balaban J connectivity index is 0.900. The minimum atomic E-state index is 0.109. The fourth-order valence-electron chi connectivity index (χ4n) is 16.7. The number of aryl methyl sites for hydroxylation is 1. The molecule has 5 unspecified atom stereocenters. The van der Waals surface area contributed by atoms with Crippen molar-refractivity contribution in [2.24, 2.45) is 0 Å². The minimum Gasteiger partial charge on any atom is -0.333 e. The summed E-state index contributed by atoms with van der Waals surface area (Å²) in [5, 5.41) is 8.72. The quantitative estimate of drug-likeness (QED) is 0.141. The number of hydrogen-bond acceptors (Lipinski definition) is 4. The van der Waals surface area contributed by atoms with Crippen molar-refractivity contribution < 1.29 is 0 Å². The fourth-order valence-corrected chi connectivity index (χ4v) is 19.5. The van der Waals surface area contributed by atoms with Crippen molar-refractivity contribution in [3.63, 3.8) is 0 Å². The highest BCUT2D eigenvalue weighted by atomic mass is 32.2. The molecular weight excluding hydrogens is 1060 g/mol. The van der Waals surface area contributed by atoms with E-state index in [-0.39, 0.29) is 17.9 Å². The third kappa shape index (κ3) is 6.72. The second-order valence-electron chi connectivity index (χ2n) is 24.4. The van der Waals surface area contributed by atoms with Crippen LogP contribution >= 0.6 is 23.1 Å². The van der Waals surface area contributed by atoms with Crippen molar-refractivity contribution in [3.05, 3.63) is 251 Å². The summed E-state index contributed by atoms with van der Waals surface area (Å²) in [7, 11) is 0. The van der Waals surface area contributed by atoms with Crippen LogP contribution in [0.5, 0.6) is 0 Å². The normalized spacial score (nSPS) is 20.9. The van der Waals surface area contributed by atoms with E-state index in [1.54, 1.807) is 0 Å². The van der Waals surface area contributed by atoms with Crippen molar-refractivity contribution in [1.29, 1.82) is 0 Å². The first kappa shape index (κ1) is 47.9. The number of allylic oxidation sites excluding steroid dienone is 8. The molecule has 0 N–H and O–H groups in total. The zero-order valence-corrected chi connectivity index (χ0v) is 48.4. The first-order valence-corrected chi connectivity index (χ1v) is 32.5. The maximum Gasteiger partial charge on any atom is 0.0640 e. The topological polar surface area (TPSA) is 15.8 Å². The number of nitrogens with zero attached hydrogens (tertiary/aromatic N) is 4. The molecular formula is C78H60N4S2. The number of thioether (sulfide) groups is 1. The summed E-state index contributed by atoms with van der Waals surface area (Å²) < 4.78 is 6.92. The summed E-state index contributed by atoms with van der Waals surface area (Å²) >= 11 is 4.08. The van der Waals surface area contributed by atoms with Crippen LogP contribution in [0.1, 0.15) is 102 Å². The van der Waals surface area contributed by atoms with E-state index in [1.165, 1.54) is 156 Å². The van der Waals surface area contributed by atoms with Crippen LogP contribution in [-0.2, 0) is 6.42 Å². The summed E-state index contributed by atoms with van der Waals surface area (Å²) in [4.78, 5) is 8.10. The Kier molecular flexibility index (Phi) is 10.5. The molecule has 0 saturated heterocycles. The average Bonchev–Trinajstić information content (AvgIpc) is 1.55. The third-order valence-electron chi connectivity index (χ3n) is 20.1. The van der Waals surface area contributed by atoms with E-state index in [0.29, 0.717) is 11.2 Å². The summed E-state index contributed by atoms with van der Waals surface area (Å²) in [5.41, 5.74) is 24.3. The SMILES string of the molecule is C1=CC(c2c3c4cccc5c6ccc(N(c7ccccc7)c7cccc8c9c(sc78)C=CCC9)cc6n(c3c(-c3ccccc3)c3c6c7n(c23)C2=CC(N(c3ccccc3)c3cccc8c3SC3CCC=CC83)CC=C2C7CC=C6)c54)CCC1. The predicted octanol–water partition coefficient (Wildman–Crippen LogP) is 21.7. The first-order chi connectivity index (χ1) is 41.7. The number of anilines is 5. The molecule has 4 aromatic heterocycles. The first-order valence-electron chi connectivity index (χ1n) is 30.8. The summed E-state index contributed by atoms with van der Waals surface area (Å²) in [6.07, 6.45) is 35.1. The Labute approximate surface area is 497 Å². The van der Waals surface area contributed by atoms with Gasteiger partial charge in [0.05, 0.1) is 44.2 Å². The molecule has 6 heteroatoms. The van der Waals surface area contributed by atoms with E-state index in [0.717, 1.165) is 49.9 Å². The molecule has 0 fully saturated rings. The standard InChI is InChI=1S/C78H60N4S2/c1-5-21-47(22-6-1)69-71-61-35-17-31-57-54-44-42-52(80(50-27-11-4-12-28-50)64-38-20-34-60-56-30-14-16-40-68(56)84-78(60)64)46-66(54)82(73(57)61)76(71)70(48-23-7-2-8-24-48)72-62-36-18-32-58-53-43-41-51(45-65(53)81(74(58)62)75(69)72)79(49-25-9-3-10-26-49)63-37-19-33-59-55-29-13-15-39-67(55)83-77(59)63/h1,3-7,9-12,14-15,17-23,25-28,30,32-39,41,43-46,48,52,56-57,68H,2,8,13,16,24,29,31,40,42H2. The summed E-state index contributed by atoms with van der Waals surface area (Å²) in [6.45, 7) is 0. The fraction of sp³-hybridized carbons (Fsp3) is 0.179. The van der Waals surface area contributed by atoms with Gasteiger partial charge in [0.1, 0.15) is 0 Å². The third-order valence-corrected chi connectivity index (χ3v) is 22.8. The van der Waals surface area contributed by atoms with Crippen LogP contribution in [-0.4, -0.2) is 20.3 Å². The Bertz CT molecular complexity index is 4950. The number of thiophene rings is 1. The average molecular weight is 1120 g/mol. The number of rotatable bonds is 8. The molecule has 0 bridgehead atoms. The van der Waals surface area contributed by atoms with Gasteiger partial charge in [-0.2, -0.15) is 0 Å². The molecule has 12 aromatic rings. The van der Waals surface area contributed by atoms with Gasteiger partial charge >= 0.3 is 0 Å². The van der Waals surface area contributed by atoms with Gasteiger partial charge < -0.3 is 18.8 Å². The zero-order valence-electron chi connectivity index (χ0n) is 46.7. The van der Waals surface area contributed by atoms with Crippen molar-refractivity contribution >= 4 is 128 Å². The maximum absolute atomic E-state index is 2.84. The van der Waals surface area contributed by atoms with Gasteiger partial charge in [-0.05, 0) is 152 Å². The Morgan fingerprint density at radius 1 is 0.583 bits per heavy atom. The number of para-hydroxylation sites is 3. The van der Waals surface area contributed by atoms with E-state index in [4.69, 9.17) is 0 Å². The van der Waals surface area contributed by atoms with Crippen LogP contribution in [0.4, 0.5) is 28.4 Å². The van der Waals surface area contributed by atoms with Gasteiger partial charge in [0.25, 0.3) is 0 Å². The number of benzene rings is 8. The molecule has 5 atom stereocenters. The van der Waals surface area contributed by atoms with E-state index in [2.05, 4.69) is 255 Å². The Morgan fingerprint density at radius 2 is 1.38 bits per heavy atom. The molecule has 0 radical (unpaired) electrons. The van der Waals surface area contributed by atoms with Gasteiger partial charge in [-0.1, -0.05) is 164 Å². The van der Waals surface area contributed by atoms with Crippen LogP contribution in [0.3, 0.4) is 0 Å². The maximum atomic E-state index is 2.84. The number of hydrogen-bond donors (Lipinski definition) is 0. The van der Waals surface area contributed by atoms with Crippen LogP contribution in [0.25, 0.3) is 88.1 Å². The monoisotopic (exact) mass is 1120 g/mol. The zero-order chi connectivity index (χ0) is 54.7. The van der Waals surface area contributed by atoms with Crippen molar-refractivity contribution in [1.82, 2.24) is 8.97 Å². The van der Waals surface area contributed by atoms with Crippen molar-refractivity contribution in [2.75, 3.05) is 9.80 Å². The summed E-state index contributed by atoms with van der Waals surface area (Å²) in [5.74, 6) is 0.999. The van der Waals surface area contributed by atoms with Crippen molar-refractivity contribution in [2.45, 2.75) is 91.7 Å². The van der Waals surface area contributed by atoms with Gasteiger partial charge in [0, 0.05) is 99.3 Å². The van der Waals surface area contributed by atoms with Gasteiger partial charge in [-0.3, -0.25) is 0 Å². The van der Waals surface area contributed by atoms with Gasteiger partial charge in [-0.15, -0.1) is 23.1 Å². The lowest BCUT2D eigenvalue weighted by Crippen LogP contribution is -2.31. The van der Waals surface area contributed by atoms with Crippen LogP contribution in [0.15, 0.2) is 223 Å². The van der Waals surface area contributed by atoms with Gasteiger partial charge in [0.2, 0.25) is 0 Å². The molecule has 5 aliphatic carbocycles. The minimum absolute atomic E-state index is 0.109. The molecule has 0 amide bonds. The smallest absolute Gasteiger partial charge is 0.0640 e. The molecule has 7 aliphatic rings. The molecule has 84 heavy (non-hydrogen) atoms. The van der Waals surface area contributed by atoms with Crippen molar-refractivity contribution in [3.8, 4) is 11.1 Å². The van der Waals surface area contributed by atoms with Gasteiger partial charge in [-0.25, -0.2) is 0 Å². The second-order valence-corrected chi connectivity index (χ2v) is 26.7. The number of fused-ring (bicyclic) bond motifs is 18. The Hall–Kier alpha value is -8.55. The Morgan fingerprint density at radius 3 is 2.25 bits per heavy atom. The van der Waals surface area contributed by atoms with Crippen LogP contribution in [0.2, 0.25) is 0 Å². The van der Waals surface area contributed by atoms with Gasteiger partial charge in [0.15, 0.2) is 0 Å². The van der Waals surface area contributed by atoms with E-state index >= 15 is 0 Å². The molecule has 0 saturated carbocycles. The predicted molar refractivity (Wildman–Crippen MR) is 358 cm³/mol. The molecule has 19 rings (SSSR count). The lowest BCUT2D eigenvalue weighted by atomic mass is 9.80. The van der Waals surface area contributed by atoms with E-state index < -0.39 is 0 Å². The van der Waals surface area contributed by atoms with E-state index in [1.807, 2.05) is 11.3 Å².